The van der Waals surface area contributed by atoms with Crippen molar-refractivity contribution in [3.05, 3.63) is 47.2 Å². The topological polar surface area (TPSA) is 88.6 Å². The monoisotopic (exact) mass is 423 g/mol. The molecule has 2 heterocycles. The minimum atomic E-state index is -3.63. The van der Waals surface area contributed by atoms with Crippen LogP contribution in [0.1, 0.15) is 36.5 Å². The van der Waals surface area contributed by atoms with Gasteiger partial charge in [-0.15, -0.1) is 0 Å². The van der Waals surface area contributed by atoms with E-state index in [0.29, 0.717) is 31.0 Å². The van der Waals surface area contributed by atoms with Gasteiger partial charge >= 0.3 is 0 Å². The molecule has 0 spiro atoms. The van der Waals surface area contributed by atoms with Crippen molar-refractivity contribution < 1.29 is 17.9 Å². The van der Waals surface area contributed by atoms with E-state index in [1.165, 1.54) is 34.8 Å². The second-order valence-corrected chi connectivity index (χ2v) is 8.70. The number of nitrogens with zero attached hydrogens (tertiary/aromatic N) is 2. The summed E-state index contributed by atoms with van der Waals surface area (Å²) in [4.78, 5) is 16.5. The first-order valence-electron chi connectivity index (χ1n) is 9.11. The molecular formula is C19H22ClN3O4S. The van der Waals surface area contributed by atoms with Crippen LogP contribution in [0.15, 0.2) is 41.4 Å². The molecule has 1 aliphatic heterocycles. The highest BCUT2D eigenvalue weighted by Gasteiger charge is 2.27. The van der Waals surface area contributed by atoms with E-state index < -0.39 is 15.9 Å². The molecule has 28 heavy (non-hydrogen) atoms. The Balaban J connectivity index is 1.92. The number of benzene rings is 1. The van der Waals surface area contributed by atoms with E-state index in [1.54, 1.807) is 6.07 Å². The van der Waals surface area contributed by atoms with Crippen molar-refractivity contribution in [2.75, 3.05) is 25.0 Å². The zero-order chi connectivity index (χ0) is 20.1. The quantitative estimate of drug-likeness (QED) is 0.717. The summed E-state index contributed by atoms with van der Waals surface area (Å²) < 4.78 is 32.9. The predicted octanol–water partition coefficient (Wildman–Crippen LogP) is 3.56. The second kappa shape index (κ2) is 8.89. The molecule has 1 fully saturated rings. The Labute approximate surface area is 169 Å². The number of sulfonamides is 1. The molecule has 9 heteroatoms. The van der Waals surface area contributed by atoms with E-state index >= 15 is 0 Å². The Morgan fingerprint density at radius 3 is 2.64 bits per heavy atom. The lowest BCUT2D eigenvalue weighted by atomic mass is 10.2. The number of nitrogens with one attached hydrogen (secondary N) is 1. The van der Waals surface area contributed by atoms with Gasteiger partial charge in [-0.25, -0.2) is 13.4 Å². The van der Waals surface area contributed by atoms with E-state index in [-0.39, 0.29) is 15.7 Å². The lowest BCUT2D eigenvalue weighted by Crippen LogP contribution is -2.35. The molecule has 1 aliphatic rings. The number of hydrogen-bond donors (Lipinski definition) is 1. The molecule has 7 nitrogen and oxygen atoms in total. The van der Waals surface area contributed by atoms with Gasteiger partial charge in [-0.2, -0.15) is 4.31 Å². The van der Waals surface area contributed by atoms with Crippen LogP contribution in [-0.2, 0) is 10.0 Å². The Hall–Kier alpha value is -2.16. The van der Waals surface area contributed by atoms with Crippen LogP contribution in [0.25, 0.3) is 0 Å². The van der Waals surface area contributed by atoms with E-state index in [4.69, 9.17) is 16.3 Å². The number of halogens is 1. The number of rotatable bonds is 6. The van der Waals surface area contributed by atoms with Gasteiger partial charge in [-0.1, -0.05) is 18.0 Å². The van der Waals surface area contributed by atoms with Crippen LogP contribution in [-0.4, -0.2) is 43.3 Å². The smallest absolute Gasteiger partial charge is 0.255 e. The highest BCUT2D eigenvalue weighted by molar-refractivity contribution is 7.89. The van der Waals surface area contributed by atoms with Gasteiger partial charge in [-0.3, -0.25) is 4.79 Å². The van der Waals surface area contributed by atoms with Gasteiger partial charge in [0.05, 0.1) is 17.2 Å². The maximum absolute atomic E-state index is 13.0. The van der Waals surface area contributed by atoms with Crippen LogP contribution in [0.5, 0.6) is 5.75 Å². The Bertz CT molecular complexity index is 959. The summed E-state index contributed by atoms with van der Waals surface area (Å²) in [7, 11) is -3.63. The van der Waals surface area contributed by atoms with Gasteiger partial charge in [0.1, 0.15) is 10.9 Å². The van der Waals surface area contributed by atoms with E-state index in [1.807, 2.05) is 6.92 Å². The summed E-state index contributed by atoms with van der Waals surface area (Å²) in [6.07, 6.45) is 4.16. The summed E-state index contributed by atoms with van der Waals surface area (Å²) in [5, 5.41) is 2.91. The molecule has 0 atom stereocenters. The van der Waals surface area contributed by atoms with Crippen molar-refractivity contribution in [2.24, 2.45) is 0 Å². The van der Waals surface area contributed by atoms with Crippen LogP contribution in [0.4, 0.5) is 5.69 Å². The number of pyridine rings is 1. The number of anilines is 1. The molecular weight excluding hydrogens is 402 g/mol. The number of amides is 1. The van der Waals surface area contributed by atoms with Crippen molar-refractivity contribution in [1.29, 1.82) is 0 Å². The van der Waals surface area contributed by atoms with Crippen molar-refractivity contribution in [2.45, 2.75) is 31.1 Å². The van der Waals surface area contributed by atoms with Crippen molar-refractivity contribution >= 4 is 33.2 Å². The van der Waals surface area contributed by atoms with Crippen LogP contribution in [0, 0.1) is 0 Å². The fourth-order valence-corrected chi connectivity index (χ4v) is 4.76. The molecule has 1 amide bonds. The van der Waals surface area contributed by atoms with Gasteiger partial charge in [-0.05, 0) is 50.1 Å². The standard InChI is InChI=1S/C19H22ClN3O4S/c1-2-27-17-7-6-15(28(25,26)23-10-4-3-5-11-23)13-16(17)22-19(24)14-8-9-21-18(20)12-14/h6-9,12-13H,2-5,10-11H2,1H3,(H,22,24). The molecule has 1 aromatic carbocycles. The molecule has 0 unspecified atom stereocenters. The fraction of sp³-hybridized carbons (Fsp3) is 0.368. The van der Waals surface area contributed by atoms with E-state index in [9.17, 15) is 13.2 Å². The molecule has 0 radical (unpaired) electrons. The van der Waals surface area contributed by atoms with E-state index in [2.05, 4.69) is 10.3 Å². The van der Waals surface area contributed by atoms with Crippen molar-refractivity contribution in [3.63, 3.8) is 0 Å². The second-order valence-electron chi connectivity index (χ2n) is 6.38. The molecule has 0 bridgehead atoms. The number of hydrogen-bond acceptors (Lipinski definition) is 5. The Morgan fingerprint density at radius 2 is 1.96 bits per heavy atom. The summed E-state index contributed by atoms with van der Waals surface area (Å²) in [5.41, 5.74) is 0.601. The van der Waals surface area contributed by atoms with E-state index in [0.717, 1.165) is 19.3 Å². The summed E-state index contributed by atoms with van der Waals surface area (Å²) >= 11 is 5.84. The molecule has 2 aromatic rings. The molecule has 0 aliphatic carbocycles. The Kier molecular flexibility index (Phi) is 6.53. The molecule has 150 valence electrons. The number of aromatic nitrogens is 1. The lowest BCUT2D eigenvalue weighted by Gasteiger charge is -2.26. The summed E-state index contributed by atoms with van der Waals surface area (Å²) in [5.74, 6) is -0.0358. The number of piperidine rings is 1. The molecule has 1 aromatic heterocycles. The van der Waals surface area contributed by atoms with Crippen LogP contribution < -0.4 is 10.1 Å². The molecule has 0 saturated carbocycles. The highest BCUT2D eigenvalue weighted by atomic mass is 35.5. The highest BCUT2D eigenvalue weighted by Crippen LogP contribution is 2.30. The Morgan fingerprint density at radius 1 is 1.21 bits per heavy atom. The molecule has 1 N–H and O–H groups in total. The van der Waals surface area contributed by atoms with Crippen molar-refractivity contribution in [1.82, 2.24) is 9.29 Å². The van der Waals surface area contributed by atoms with Crippen LogP contribution in [0.3, 0.4) is 0 Å². The van der Waals surface area contributed by atoms with Crippen LogP contribution in [0.2, 0.25) is 5.15 Å². The largest absolute Gasteiger partial charge is 0.492 e. The van der Waals surface area contributed by atoms with Gasteiger partial charge < -0.3 is 10.1 Å². The average molecular weight is 424 g/mol. The first-order chi connectivity index (χ1) is 13.4. The van der Waals surface area contributed by atoms with Crippen LogP contribution >= 0.6 is 11.6 Å². The first kappa shape index (κ1) is 20.6. The SMILES string of the molecule is CCOc1ccc(S(=O)(=O)N2CCCCC2)cc1NC(=O)c1ccnc(Cl)c1. The van der Waals surface area contributed by atoms with Gasteiger partial charge in [0.25, 0.3) is 5.91 Å². The number of carbonyl (C=O) groups is 1. The summed E-state index contributed by atoms with van der Waals surface area (Å²) in [6.45, 7) is 3.20. The third-order valence-corrected chi connectivity index (χ3v) is 6.54. The fourth-order valence-electron chi connectivity index (χ4n) is 3.04. The minimum Gasteiger partial charge on any atom is -0.492 e. The van der Waals surface area contributed by atoms with Gasteiger partial charge in [0.15, 0.2) is 0 Å². The zero-order valence-electron chi connectivity index (χ0n) is 15.5. The predicted molar refractivity (Wildman–Crippen MR) is 107 cm³/mol. The molecule has 3 rings (SSSR count). The summed E-state index contributed by atoms with van der Waals surface area (Å²) in [6, 6.07) is 7.47. The number of ether oxygens (including phenoxy) is 1. The zero-order valence-corrected chi connectivity index (χ0v) is 17.1. The minimum absolute atomic E-state index is 0.126. The van der Waals surface area contributed by atoms with Gasteiger partial charge in [0.2, 0.25) is 10.0 Å². The third kappa shape index (κ3) is 4.63. The third-order valence-electron chi connectivity index (χ3n) is 4.44. The average Bonchev–Trinajstić information content (AvgIpc) is 2.70. The maximum atomic E-state index is 13.0. The number of carbonyl (C=O) groups excluding carboxylic acids is 1. The normalized spacial score (nSPS) is 15.2. The molecule has 1 saturated heterocycles. The maximum Gasteiger partial charge on any atom is 0.255 e. The van der Waals surface area contributed by atoms with Gasteiger partial charge in [0, 0.05) is 24.8 Å². The van der Waals surface area contributed by atoms with Crippen molar-refractivity contribution in [3.8, 4) is 5.75 Å². The first-order valence-corrected chi connectivity index (χ1v) is 10.9. The lowest BCUT2D eigenvalue weighted by molar-refractivity contribution is 0.102.